The molecule has 3 rings (SSSR count). The number of nitrogens with zero attached hydrogens (tertiary/aromatic N) is 4. The van der Waals surface area contributed by atoms with Crippen LogP contribution in [-0.4, -0.2) is 41.0 Å². The molecule has 2 heterocycles. The quantitative estimate of drug-likeness (QED) is 0.389. The molecule has 0 aliphatic heterocycles. The summed E-state index contributed by atoms with van der Waals surface area (Å²) in [6, 6.07) is 1.93. The minimum atomic E-state index is -5.97. The molecule has 0 radical (unpaired) electrons. The average molecular weight is 380 g/mol. The first kappa shape index (κ1) is 17.1. The van der Waals surface area contributed by atoms with Gasteiger partial charge in [0.1, 0.15) is 17.1 Å². The number of aromatic nitrogens is 4. The van der Waals surface area contributed by atoms with Gasteiger partial charge in [0.2, 0.25) is 0 Å². The van der Waals surface area contributed by atoms with Gasteiger partial charge in [-0.15, -0.1) is 15.3 Å². The summed E-state index contributed by atoms with van der Waals surface area (Å²) >= 11 is 0. The minimum absolute atomic E-state index is 0.00124. The molecule has 0 N–H and O–H groups in total. The molecule has 2 aromatic heterocycles. The molecule has 0 unspecified atom stereocenters. The highest BCUT2D eigenvalue weighted by atomic mass is 32.2. The summed E-state index contributed by atoms with van der Waals surface area (Å²) in [7, 11) is -3.46. The molecule has 0 aliphatic carbocycles. The lowest BCUT2D eigenvalue weighted by Crippen LogP contribution is -2.28. The number of rotatable bonds is 3. The van der Waals surface area contributed by atoms with Crippen molar-refractivity contribution in [1.82, 2.24) is 20.0 Å². The van der Waals surface area contributed by atoms with E-state index < -0.39 is 27.3 Å². The zero-order valence-electron chi connectivity index (χ0n) is 12.5. The first-order valence-electron chi connectivity index (χ1n) is 6.42. The Labute approximate surface area is 137 Å². The molecule has 25 heavy (non-hydrogen) atoms. The maximum Gasteiger partial charge on any atom is 0.534 e. The average Bonchev–Trinajstić information content (AvgIpc) is 2.81. The number of hydrogen-bond donors (Lipinski definition) is 0. The summed E-state index contributed by atoms with van der Waals surface area (Å²) in [6.07, 6.45) is 0. The second kappa shape index (κ2) is 5.40. The number of methoxy groups -OCH3 is 1. The smallest absolute Gasteiger partial charge is 0.494 e. The van der Waals surface area contributed by atoms with E-state index in [9.17, 15) is 26.0 Å². The maximum absolute atomic E-state index is 13.8. The standard InChI is InChI=1S/C12H8F4N4O4S/c1-20-10-8(11(19-20)24-25(21,22)12(14,15)16)6-3-5(13)4-7(23-2)9(6)17-18-10/h3-4H,1-2H3. The van der Waals surface area contributed by atoms with Crippen molar-refractivity contribution in [3.05, 3.63) is 17.9 Å². The lowest BCUT2D eigenvalue weighted by Gasteiger charge is -2.08. The van der Waals surface area contributed by atoms with E-state index in [2.05, 4.69) is 19.5 Å². The number of halogens is 4. The summed E-state index contributed by atoms with van der Waals surface area (Å²) in [5.41, 5.74) is -5.76. The van der Waals surface area contributed by atoms with E-state index in [0.717, 1.165) is 16.8 Å². The molecule has 0 atom stereocenters. The minimum Gasteiger partial charge on any atom is -0.494 e. The Morgan fingerprint density at radius 3 is 2.48 bits per heavy atom. The topological polar surface area (TPSA) is 96.2 Å². The molecule has 134 valence electrons. The van der Waals surface area contributed by atoms with Gasteiger partial charge in [-0.2, -0.15) is 21.6 Å². The van der Waals surface area contributed by atoms with Gasteiger partial charge >= 0.3 is 15.6 Å². The van der Waals surface area contributed by atoms with Crippen molar-refractivity contribution < 1.29 is 34.9 Å². The Bertz CT molecular complexity index is 1090. The van der Waals surface area contributed by atoms with Crippen LogP contribution < -0.4 is 8.92 Å². The van der Waals surface area contributed by atoms with Crippen molar-refractivity contribution in [3.63, 3.8) is 0 Å². The number of fused-ring (bicyclic) bond motifs is 3. The van der Waals surface area contributed by atoms with Crippen LogP contribution in [0, 0.1) is 5.82 Å². The van der Waals surface area contributed by atoms with Crippen LogP contribution in [0.5, 0.6) is 11.6 Å². The monoisotopic (exact) mass is 380 g/mol. The Morgan fingerprint density at radius 1 is 1.20 bits per heavy atom. The van der Waals surface area contributed by atoms with Gasteiger partial charge in [-0.05, 0) is 6.07 Å². The summed E-state index contributed by atoms with van der Waals surface area (Å²) in [5, 5.41) is 10.8. The van der Waals surface area contributed by atoms with Gasteiger partial charge in [0.25, 0.3) is 5.88 Å². The number of benzene rings is 1. The molecular formula is C12H8F4N4O4S. The molecule has 0 saturated heterocycles. The molecule has 0 fully saturated rings. The molecule has 0 amide bonds. The number of hydrogen-bond acceptors (Lipinski definition) is 7. The predicted molar refractivity (Wildman–Crippen MR) is 75.9 cm³/mol. The van der Waals surface area contributed by atoms with E-state index in [4.69, 9.17) is 4.74 Å². The Balaban J connectivity index is 2.36. The number of aryl methyl sites for hydroxylation is 1. The molecular weight excluding hydrogens is 372 g/mol. The summed E-state index contributed by atoms with van der Waals surface area (Å²) in [4.78, 5) is 0. The number of alkyl halides is 3. The molecule has 0 bridgehead atoms. The first-order chi connectivity index (χ1) is 11.5. The van der Waals surface area contributed by atoms with Crippen molar-refractivity contribution >= 4 is 32.1 Å². The summed E-state index contributed by atoms with van der Waals surface area (Å²) in [6.45, 7) is 0. The molecule has 0 saturated carbocycles. The molecule has 0 aliphatic rings. The van der Waals surface area contributed by atoms with Crippen LogP contribution >= 0.6 is 0 Å². The highest BCUT2D eigenvalue weighted by Crippen LogP contribution is 2.36. The van der Waals surface area contributed by atoms with Crippen LogP contribution in [0.25, 0.3) is 21.9 Å². The van der Waals surface area contributed by atoms with E-state index in [1.54, 1.807) is 0 Å². The van der Waals surface area contributed by atoms with Gasteiger partial charge in [-0.1, -0.05) is 0 Å². The third kappa shape index (κ3) is 2.69. The fourth-order valence-corrected chi connectivity index (χ4v) is 2.59. The van der Waals surface area contributed by atoms with E-state index >= 15 is 0 Å². The van der Waals surface area contributed by atoms with Gasteiger partial charge in [0.15, 0.2) is 5.65 Å². The van der Waals surface area contributed by atoms with Gasteiger partial charge in [0, 0.05) is 18.5 Å². The van der Waals surface area contributed by atoms with Gasteiger partial charge in [0.05, 0.1) is 12.5 Å². The fraction of sp³-hybridized carbons (Fsp3) is 0.250. The third-order valence-electron chi connectivity index (χ3n) is 3.23. The molecule has 3 aromatic rings. The van der Waals surface area contributed by atoms with Crippen molar-refractivity contribution in [2.75, 3.05) is 7.11 Å². The molecule has 0 spiro atoms. The fourth-order valence-electron chi connectivity index (χ4n) is 2.17. The SMILES string of the molecule is COc1cc(F)cc2c1nnc1c2c(OS(=O)(=O)C(F)(F)F)nn1C. The lowest BCUT2D eigenvalue weighted by atomic mass is 10.1. The Morgan fingerprint density at radius 2 is 1.88 bits per heavy atom. The Hall–Kier alpha value is -2.70. The van der Waals surface area contributed by atoms with E-state index in [1.807, 2.05) is 0 Å². The highest BCUT2D eigenvalue weighted by molar-refractivity contribution is 7.88. The second-order valence-corrected chi connectivity index (χ2v) is 6.35. The molecule has 8 nitrogen and oxygen atoms in total. The zero-order valence-corrected chi connectivity index (χ0v) is 13.3. The highest BCUT2D eigenvalue weighted by Gasteiger charge is 2.49. The zero-order chi connectivity index (χ0) is 18.6. The van der Waals surface area contributed by atoms with Gasteiger partial charge < -0.3 is 8.92 Å². The second-order valence-electron chi connectivity index (χ2n) is 4.81. The van der Waals surface area contributed by atoms with Gasteiger partial charge in [-0.3, -0.25) is 0 Å². The summed E-state index contributed by atoms with van der Waals surface area (Å²) < 4.78 is 84.0. The lowest BCUT2D eigenvalue weighted by molar-refractivity contribution is -0.0501. The predicted octanol–water partition coefficient (Wildman–Crippen LogP) is 1.89. The van der Waals surface area contributed by atoms with Crippen molar-refractivity contribution in [2.24, 2.45) is 7.05 Å². The van der Waals surface area contributed by atoms with E-state index in [0.29, 0.717) is 0 Å². The van der Waals surface area contributed by atoms with Crippen LogP contribution in [0.15, 0.2) is 12.1 Å². The first-order valence-corrected chi connectivity index (χ1v) is 7.83. The van der Waals surface area contributed by atoms with Crippen molar-refractivity contribution in [2.45, 2.75) is 5.51 Å². The number of ether oxygens (including phenoxy) is 1. The molecule has 1 aromatic carbocycles. The van der Waals surface area contributed by atoms with Crippen molar-refractivity contribution in [1.29, 1.82) is 0 Å². The normalized spacial score (nSPS) is 12.7. The van der Waals surface area contributed by atoms with Crippen LogP contribution in [0.4, 0.5) is 17.6 Å². The molecule has 13 heteroatoms. The van der Waals surface area contributed by atoms with Crippen LogP contribution in [0.2, 0.25) is 0 Å². The maximum atomic E-state index is 13.8. The Kier molecular flexibility index (Phi) is 3.70. The van der Waals surface area contributed by atoms with E-state index in [-0.39, 0.29) is 27.7 Å². The van der Waals surface area contributed by atoms with Crippen molar-refractivity contribution in [3.8, 4) is 11.6 Å². The van der Waals surface area contributed by atoms with E-state index in [1.165, 1.54) is 14.2 Å². The third-order valence-corrected chi connectivity index (χ3v) is 4.17. The van der Waals surface area contributed by atoms with Crippen LogP contribution in [0.1, 0.15) is 0 Å². The largest absolute Gasteiger partial charge is 0.534 e. The van der Waals surface area contributed by atoms with Gasteiger partial charge in [-0.25, -0.2) is 9.07 Å². The van der Waals surface area contributed by atoms with Crippen LogP contribution in [0.3, 0.4) is 0 Å². The summed E-state index contributed by atoms with van der Waals surface area (Å²) in [5.74, 6) is -1.73. The van der Waals surface area contributed by atoms with Crippen LogP contribution in [-0.2, 0) is 17.2 Å².